The van der Waals surface area contributed by atoms with Gasteiger partial charge in [-0.15, -0.1) is 0 Å². The largest absolute Gasteiger partial charge is 0.426 e. The Morgan fingerprint density at radius 2 is 1.91 bits per heavy atom. The standard InChI is InChI=1S/C17H19NO3S/c1-12-5-3-6-13(2)16(12)21-15(19)7-4-9-18-17(20)14-8-10-22-11-14/h3,5-6,8,10-11H,4,7,9H2,1-2H3,(H,18,20). The van der Waals surface area contributed by atoms with Gasteiger partial charge in [0.1, 0.15) is 5.75 Å². The van der Waals surface area contributed by atoms with E-state index in [-0.39, 0.29) is 18.3 Å². The van der Waals surface area contributed by atoms with Crippen LogP contribution in [0.15, 0.2) is 35.0 Å². The molecule has 116 valence electrons. The quantitative estimate of drug-likeness (QED) is 0.504. The number of carbonyl (C=O) groups is 2. The van der Waals surface area contributed by atoms with Gasteiger partial charge in [0.05, 0.1) is 0 Å². The van der Waals surface area contributed by atoms with Crippen molar-refractivity contribution in [3.63, 3.8) is 0 Å². The maximum atomic E-state index is 11.9. The molecule has 4 nitrogen and oxygen atoms in total. The van der Waals surface area contributed by atoms with Crippen molar-refractivity contribution >= 4 is 23.2 Å². The second-order valence-corrected chi connectivity index (χ2v) is 5.85. The summed E-state index contributed by atoms with van der Waals surface area (Å²) in [6.07, 6.45) is 0.831. The van der Waals surface area contributed by atoms with Crippen molar-refractivity contribution in [1.29, 1.82) is 0 Å². The molecule has 0 spiro atoms. The van der Waals surface area contributed by atoms with Gasteiger partial charge in [-0.05, 0) is 42.8 Å². The number of thiophene rings is 1. The first kappa shape index (κ1) is 16.2. The molecule has 0 aliphatic rings. The molecule has 0 saturated heterocycles. The van der Waals surface area contributed by atoms with Crippen LogP contribution in [0.2, 0.25) is 0 Å². The number of carbonyl (C=O) groups excluding carboxylic acids is 2. The molecule has 0 atom stereocenters. The molecule has 1 aromatic heterocycles. The minimum Gasteiger partial charge on any atom is -0.426 e. The Bertz CT molecular complexity index is 630. The molecule has 0 aliphatic heterocycles. The lowest BCUT2D eigenvalue weighted by Gasteiger charge is -2.10. The molecule has 0 radical (unpaired) electrons. The zero-order valence-corrected chi connectivity index (χ0v) is 13.5. The Morgan fingerprint density at radius 3 is 2.55 bits per heavy atom. The van der Waals surface area contributed by atoms with E-state index < -0.39 is 0 Å². The van der Waals surface area contributed by atoms with Crippen LogP contribution in [0.3, 0.4) is 0 Å². The summed E-state index contributed by atoms with van der Waals surface area (Å²) in [6.45, 7) is 4.28. The Hall–Kier alpha value is -2.14. The van der Waals surface area contributed by atoms with E-state index in [0.29, 0.717) is 24.3 Å². The molecule has 0 unspecified atom stereocenters. The third kappa shape index (κ3) is 4.43. The molecule has 0 saturated carbocycles. The van der Waals surface area contributed by atoms with Gasteiger partial charge in [0, 0.05) is 23.9 Å². The first-order valence-corrected chi connectivity index (χ1v) is 8.09. The van der Waals surface area contributed by atoms with Gasteiger partial charge in [-0.2, -0.15) is 11.3 Å². The number of hydrogen-bond donors (Lipinski definition) is 1. The first-order valence-electron chi connectivity index (χ1n) is 7.15. The minimum absolute atomic E-state index is 0.107. The van der Waals surface area contributed by atoms with Crippen LogP contribution in [-0.4, -0.2) is 18.4 Å². The molecule has 22 heavy (non-hydrogen) atoms. The number of hydrogen-bond acceptors (Lipinski definition) is 4. The number of ether oxygens (including phenoxy) is 1. The number of aryl methyl sites for hydroxylation is 2. The van der Waals surface area contributed by atoms with Gasteiger partial charge >= 0.3 is 5.97 Å². The van der Waals surface area contributed by atoms with E-state index in [9.17, 15) is 9.59 Å². The zero-order chi connectivity index (χ0) is 15.9. The van der Waals surface area contributed by atoms with Gasteiger partial charge < -0.3 is 10.1 Å². The molecule has 1 N–H and O–H groups in total. The summed E-state index contributed by atoms with van der Waals surface area (Å²) in [5.41, 5.74) is 2.54. The van der Waals surface area contributed by atoms with Crippen molar-refractivity contribution < 1.29 is 14.3 Å². The molecule has 0 fully saturated rings. The van der Waals surface area contributed by atoms with Gasteiger partial charge in [-0.3, -0.25) is 9.59 Å². The lowest BCUT2D eigenvalue weighted by Crippen LogP contribution is -2.24. The Kier molecular flexibility index (Phi) is 5.72. The summed E-state index contributed by atoms with van der Waals surface area (Å²) in [5.74, 6) is 0.251. The minimum atomic E-state index is -0.276. The smallest absolute Gasteiger partial charge is 0.311 e. The number of para-hydroxylation sites is 1. The molecule has 1 aromatic carbocycles. The molecule has 0 aliphatic carbocycles. The van der Waals surface area contributed by atoms with E-state index >= 15 is 0 Å². The average molecular weight is 317 g/mol. The Balaban J connectivity index is 1.73. The highest BCUT2D eigenvalue weighted by atomic mass is 32.1. The third-order valence-corrected chi connectivity index (χ3v) is 3.93. The maximum Gasteiger partial charge on any atom is 0.311 e. The number of nitrogens with one attached hydrogen (secondary N) is 1. The van der Waals surface area contributed by atoms with Crippen LogP contribution in [0.5, 0.6) is 5.75 Å². The van der Waals surface area contributed by atoms with E-state index in [4.69, 9.17) is 4.74 Å². The average Bonchev–Trinajstić information content (AvgIpc) is 3.02. The van der Waals surface area contributed by atoms with E-state index in [1.165, 1.54) is 11.3 Å². The van der Waals surface area contributed by atoms with Crippen LogP contribution in [0.25, 0.3) is 0 Å². The maximum absolute atomic E-state index is 11.9. The van der Waals surface area contributed by atoms with Crippen molar-refractivity contribution in [2.75, 3.05) is 6.54 Å². The van der Waals surface area contributed by atoms with Gasteiger partial charge in [-0.25, -0.2) is 0 Å². The lowest BCUT2D eigenvalue weighted by atomic mass is 10.1. The van der Waals surface area contributed by atoms with Gasteiger partial charge in [0.2, 0.25) is 0 Å². The highest BCUT2D eigenvalue weighted by Crippen LogP contribution is 2.22. The molecule has 0 bridgehead atoms. The van der Waals surface area contributed by atoms with Crippen molar-refractivity contribution in [3.05, 3.63) is 51.7 Å². The highest BCUT2D eigenvalue weighted by molar-refractivity contribution is 7.08. The Morgan fingerprint density at radius 1 is 1.18 bits per heavy atom. The van der Waals surface area contributed by atoms with Crippen LogP contribution in [0, 0.1) is 13.8 Å². The third-order valence-electron chi connectivity index (χ3n) is 3.25. The van der Waals surface area contributed by atoms with E-state index in [0.717, 1.165) is 11.1 Å². The van der Waals surface area contributed by atoms with E-state index in [2.05, 4.69) is 5.32 Å². The van der Waals surface area contributed by atoms with Crippen LogP contribution < -0.4 is 10.1 Å². The van der Waals surface area contributed by atoms with Crippen molar-refractivity contribution in [3.8, 4) is 5.75 Å². The Labute approximate surface area is 134 Å². The number of amides is 1. The number of rotatable bonds is 6. The zero-order valence-electron chi connectivity index (χ0n) is 12.7. The monoisotopic (exact) mass is 317 g/mol. The predicted molar refractivity (Wildman–Crippen MR) is 87.4 cm³/mol. The normalized spacial score (nSPS) is 10.3. The number of benzene rings is 1. The summed E-state index contributed by atoms with van der Waals surface area (Å²) in [5, 5.41) is 6.44. The summed E-state index contributed by atoms with van der Waals surface area (Å²) in [4.78, 5) is 23.6. The molecular weight excluding hydrogens is 298 g/mol. The van der Waals surface area contributed by atoms with Crippen molar-refractivity contribution in [2.24, 2.45) is 0 Å². The molecule has 1 heterocycles. The second kappa shape index (κ2) is 7.75. The van der Waals surface area contributed by atoms with Crippen LogP contribution in [0.4, 0.5) is 0 Å². The van der Waals surface area contributed by atoms with Gasteiger partial charge in [-0.1, -0.05) is 18.2 Å². The summed E-state index contributed by atoms with van der Waals surface area (Å²) in [6, 6.07) is 7.53. The lowest BCUT2D eigenvalue weighted by molar-refractivity contribution is -0.134. The van der Waals surface area contributed by atoms with Gasteiger partial charge in [0.25, 0.3) is 5.91 Å². The molecule has 2 aromatic rings. The molecule has 1 amide bonds. The van der Waals surface area contributed by atoms with Crippen LogP contribution in [-0.2, 0) is 4.79 Å². The summed E-state index contributed by atoms with van der Waals surface area (Å²) < 4.78 is 5.41. The predicted octanol–water partition coefficient (Wildman–Crippen LogP) is 3.48. The van der Waals surface area contributed by atoms with Crippen molar-refractivity contribution in [2.45, 2.75) is 26.7 Å². The van der Waals surface area contributed by atoms with E-state index in [1.807, 2.05) is 37.4 Å². The molecule has 2 rings (SSSR count). The van der Waals surface area contributed by atoms with Crippen LogP contribution in [0.1, 0.15) is 34.3 Å². The van der Waals surface area contributed by atoms with Gasteiger partial charge in [0.15, 0.2) is 0 Å². The number of esters is 1. The SMILES string of the molecule is Cc1cccc(C)c1OC(=O)CCCNC(=O)c1ccsc1. The first-order chi connectivity index (χ1) is 10.6. The highest BCUT2D eigenvalue weighted by Gasteiger charge is 2.10. The van der Waals surface area contributed by atoms with Crippen molar-refractivity contribution in [1.82, 2.24) is 5.32 Å². The molecular formula is C17H19NO3S. The fourth-order valence-electron chi connectivity index (χ4n) is 2.06. The van der Waals surface area contributed by atoms with Crippen LogP contribution >= 0.6 is 11.3 Å². The summed E-state index contributed by atoms with van der Waals surface area (Å²) >= 11 is 1.48. The fourth-order valence-corrected chi connectivity index (χ4v) is 2.69. The fraction of sp³-hybridized carbons (Fsp3) is 0.294. The molecule has 5 heteroatoms. The second-order valence-electron chi connectivity index (χ2n) is 5.07. The summed E-state index contributed by atoms with van der Waals surface area (Å²) in [7, 11) is 0. The van der Waals surface area contributed by atoms with E-state index in [1.54, 1.807) is 11.4 Å². The topological polar surface area (TPSA) is 55.4 Å².